The monoisotopic (exact) mass is 348 g/mol. The Morgan fingerprint density at radius 1 is 1.47 bits per heavy atom. The molecular formula is C10H10BrFN4O2S. The van der Waals surface area contributed by atoms with Crippen molar-refractivity contribution in [2.24, 2.45) is 7.05 Å². The van der Waals surface area contributed by atoms with Crippen molar-refractivity contribution in [1.29, 1.82) is 0 Å². The molecule has 19 heavy (non-hydrogen) atoms. The smallest absolute Gasteiger partial charge is 0.241 e. The zero-order valence-corrected chi connectivity index (χ0v) is 12.2. The maximum atomic E-state index is 13.3. The van der Waals surface area contributed by atoms with Gasteiger partial charge < -0.3 is 0 Å². The molecule has 2 rings (SSSR count). The topological polar surface area (TPSA) is 76.9 Å². The van der Waals surface area contributed by atoms with Crippen molar-refractivity contribution in [2.75, 3.05) is 0 Å². The first-order valence-corrected chi connectivity index (χ1v) is 7.45. The van der Waals surface area contributed by atoms with Crippen molar-refractivity contribution >= 4 is 26.0 Å². The highest BCUT2D eigenvalue weighted by Gasteiger charge is 2.16. The summed E-state index contributed by atoms with van der Waals surface area (Å²) in [4.78, 5) is 3.74. The van der Waals surface area contributed by atoms with Crippen LogP contribution >= 0.6 is 15.9 Å². The maximum absolute atomic E-state index is 13.3. The fraction of sp³-hybridized carbons (Fsp3) is 0.200. The minimum Gasteiger partial charge on any atom is -0.256 e. The lowest BCUT2D eigenvalue weighted by molar-refractivity contribution is 0.574. The van der Waals surface area contributed by atoms with Gasteiger partial charge in [0.05, 0.1) is 15.9 Å². The number of hydrogen-bond acceptors (Lipinski definition) is 4. The van der Waals surface area contributed by atoms with Crippen molar-refractivity contribution in [3.63, 3.8) is 0 Å². The van der Waals surface area contributed by atoms with Crippen LogP contribution in [0.3, 0.4) is 0 Å². The molecule has 0 spiro atoms. The Hall–Kier alpha value is -1.32. The molecule has 0 radical (unpaired) electrons. The highest BCUT2D eigenvalue weighted by atomic mass is 79.9. The molecule has 0 bridgehead atoms. The minimum atomic E-state index is -3.79. The first-order chi connectivity index (χ1) is 8.88. The number of halogens is 2. The predicted octanol–water partition coefficient (Wildman–Crippen LogP) is 1.20. The molecule has 0 atom stereocenters. The average Bonchev–Trinajstić information content (AvgIpc) is 2.76. The largest absolute Gasteiger partial charge is 0.256 e. The molecule has 1 heterocycles. The Morgan fingerprint density at radius 2 is 2.21 bits per heavy atom. The van der Waals surface area contributed by atoms with E-state index in [2.05, 4.69) is 30.7 Å². The first-order valence-electron chi connectivity index (χ1n) is 5.18. The van der Waals surface area contributed by atoms with Gasteiger partial charge in [0.2, 0.25) is 10.0 Å². The van der Waals surface area contributed by atoms with Crippen LogP contribution in [-0.4, -0.2) is 23.2 Å². The van der Waals surface area contributed by atoms with Crippen molar-refractivity contribution in [2.45, 2.75) is 11.4 Å². The summed E-state index contributed by atoms with van der Waals surface area (Å²) in [6.07, 6.45) is 1.46. The number of sulfonamides is 1. The molecule has 0 aliphatic carbocycles. The summed E-state index contributed by atoms with van der Waals surface area (Å²) in [5, 5.41) is 3.94. The van der Waals surface area contributed by atoms with E-state index in [1.54, 1.807) is 7.05 Å². The van der Waals surface area contributed by atoms with Gasteiger partial charge in [-0.1, -0.05) is 0 Å². The summed E-state index contributed by atoms with van der Waals surface area (Å²) in [7, 11) is -2.11. The first kappa shape index (κ1) is 14.1. The fourth-order valence-electron chi connectivity index (χ4n) is 1.35. The van der Waals surface area contributed by atoms with Crippen molar-refractivity contribution in [1.82, 2.24) is 19.5 Å². The number of nitrogens with one attached hydrogen (secondary N) is 1. The van der Waals surface area contributed by atoms with E-state index in [0.717, 1.165) is 6.07 Å². The number of benzene rings is 1. The van der Waals surface area contributed by atoms with Crippen LogP contribution in [0.4, 0.5) is 4.39 Å². The second-order valence-corrected chi connectivity index (χ2v) is 6.36. The normalized spacial score (nSPS) is 11.7. The molecule has 102 valence electrons. The van der Waals surface area contributed by atoms with E-state index in [4.69, 9.17) is 0 Å². The Morgan fingerprint density at radius 3 is 2.79 bits per heavy atom. The standard InChI is InChI=1S/C10H10BrFN4O2S/c1-16-6-13-10(15-16)5-14-19(17,18)7-2-3-8(11)9(12)4-7/h2-4,6,14H,5H2,1H3. The third-order valence-electron chi connectivity index (χ3n) is 2.27. The second kappa shape index (κ2) is 5.35. The Kier molecular flexibility index (Phi) is 3.97. The Labute approximate surface area is 117 Å². The molecule has 1 aromatic heterocycles. The van der Waals surface area contributed by atoms with Crippen molar-refractivity contribution < 1.29 is 12.8 Å². The lowest BCUT2D eigenvalue weighted by Gasteiger charge is -2.05. The van der Waals surface area contributed by atoms with Crippen LogP contribution in [0.2, 0.25) is 0 Å². The summed E-state index contributed by atoms with van der Waals surface area (Å²) in [5.41, 5.74) is 0. The molecular weight excluding hydrogens is 339 g/mol. The van der Waals surface area contributed by atoms with Crippen LogP contribution in [0.5, 0.6) is 0 Å². The van der Waals surface area contributed by atoms with Gasteiger partial charge >= 0.3 is 0 Å². The molecule has 9 heteroatoms. The third kappa shape index (κ3) is 3.37. The quantitative estimate of drug-likeness (QED) is 0.900. The lowest BCUT2D eigenvalue weighted by atomic mass is 10.3. The Bertz CT molecular complexity index is 701. The molecule has 0 fully saturated rings. The summed E-state index contributed by atoms with van der Waals surface area (Å²) in [6, 6.07) is 3.59. The molecule has 1 N–H and O–H groups in total. The molecule has 0 saturated carbocycles. The zero-order valence-electron chi connectivity index (χ0n) is 9.84. The van der Waals surface area contributed by atoms with Gasteiger partial charge in [0.25, 0.3) is 0 Å². The molecule has 6 nitrogen and oxygen atoms in total. The van der Waals surface area contributed by atoms with Crippen LogP contribution in [0.25, 0.3) is 0 Å². The molecule has 0 saturated heterocycles. The molecule has 0 unspecified atom stereocenters. The summed E-state index contributed by atoms with van der Waals surface area (Å²) >= 11 is 2.96. The van der Waals surface area contributed by atoms with Crippen LogP contribution in [0.15, 0.2) is 33.9 Å². The van der Waals surface area contributed by atoms with E-state index in [0.29, 0.717) is 5.82 Å². The van der Waals surface area contributed by atoms with Crippen LogP contribution in [0, 0.1) is 5.82 Å². The van der Waals surface area contributed by atoms with Gasteiger partial charge in [0, 0.05) is 7.05 Å². The number of aromatic nitrogens is 3. The van der Waals surface area contributed by atoms with E-state index in [1.807, 2.05) is 0 Å². The summed E-state index contributed by atoms with van der Waals surface area (Å²) in [5.74, 6) is -0.303. The second-order valence-electron chi connectivity index (χ2n) is 3.73. The zero-order chi connectivity index (χ0) is 14.0. The van der Waals surface area contributed by atoms with E-state index < -0.39 is 15.8 Å². The van der Waals surface area contributed by atoms with E-state index >= 15 is 0 Å². The number of nitrogens with zero attached hydrogens (tertiary/aromatic N) is 3. The highest BCUT2D eigenvalue weighted by Crippen LogP contribution is 2.19. The van der Waals surface area contributed by atoms with Crippen LogP contribution in [0.1, 0.15) is 5.82 Å². The number of aryl methyl sites for hydroxylation is 1. The number of rotatable bonds is 4. The SMILES string of the molecule is Cn1cnc(CNS(=O)(=O)c2ccc(Br)c(F)c2)n1. The molecule has 2 aromatic rings. The highest BCUT2D eigenvalue weighted by molar-refractivity contribution is 9.10. The third-order valence-corrected chi connectivity index (χ3v) is 4.31. The fourth-order valence-corrected chi connectivity index (χ4v) is 2.59. The van der Waals surface area contributed by atoms with Gasteiger partial charge in [0.15, 0.2) is 5.82 Å². The van der Waals surface area contributed by atoms with Gasteiger partial charge in [-0.05, 0) is 34.1 Å². The van der Waals surface area contributed by atoms with Gasteiger partial charge in [-0.15, -0.1) is 0 Å². The number of hydrogen-bond donors (Lipinski definition) is 1. The van der Waals surface area contributed by atoms with Gasteiger partial charge in [-0.3, -0.25) is 4.68 Å². The minimum absolute atomic E-state index is 0.0547. The molecule has 1 aromatic carbocycles. The Balaban J connectivity index is 2.16. The molecule has 0 aliphatic rings. The average molecular weight is 349 g/mol. The van der Waals surface area contributed by atoms with Crippen LogP contribution < -0.4 is 4.72 Å². The van der Waals surface area contributed by atoms with E-state index in [-0.39, 0.29) is 15.9 Å². The summed E-state index contributed by atoms with van der Waals surface area (Å²) in [6.45, 7) is -0.0547. The molecule has 0 aliphatic heterocycles. The summed E-state index contributed by atoms with van der Waals surface area (Å²) < 4.78 is 41.1. The molecule has 0 amide bonds. The van der Waals surface area contributed by atoms with E-state index in [9.17, 15) is 12.8 Å². The lowest BCUT2D eigenvalue weighted by Crippen LogP contribution is -2.24. The van der Waals surface area contributed by atoms with Gasteiger partial charge in [0.1, 0.15) is 12.1 Å². The maximum Gasteiger partial charge on any atom is 0.241 e. The van der Waals surface area contributed by atoms with Crippen molar-refractivity contribution in [3.8, 4) is 0 Å². The van der Waals surface area contributed by atoms with Crippen LogP contribution in [-0.2, 0) is 23.6 Å². The van der Waals surface area contributed by atoms with Gasteiger partial charge in [-0.25, -0.2) is 22.5 Å². The van der Waals surface area contributed by atoms with Gasteiger partial charge in [-0.2, -0.15) is 5.10 Å². The van der Waals surface area contributed by atoms with Crippen molar-refractivity contribution in [3.05, 3.63) is 40.6 Å². The predicted molar refractivity (Wildman–Crippen MR) is 69.1 cm³/mol. The van der Waals surface area contributed by atoms with E-state index in [1.165, 1.54) is 23.1 Å².